The van der Waals surface area contributed by atoms with Crippen LogP contribution in [0.25, 0.3) is 0 Å². The van der Waals surface area contributed by atoms with E-state index >= 15 is 0 Å². The maximum atomic E-state index is 6.37. The minimum absolute atomic E-state index is 0.643. The molecule has 0 amide bonds. The lowest BCUT2D eigenvalue weighted by Gasteiger charge is -2.26. The minimum Gasteiger partial charge on any atom is -0.496 e. The van der Waals surface area contributed by atoms with Crippen molar-refractivity contribution in [3.05, 3.63) is 28.8 Å². The average molecular weight is 295 g/mol. The van der Waals surface area contributed by atoms with Crippen molar-refractivity contribution in [2.45, 2.75) is 44.3 Å². The number of halogens is 1. The normalized spacial score (nSPS) is 22.4. The first-order chi connectivity index (χ1) is 9.78. The summed E-state index contributed by atoms with van der Waals surface area (Å²) >= 11 is 6.37. The van der Waals surface area contributed by atoms with Gasteiger partial charge >= 0.3 is 0 Å². The third kappa shape index (κ3) is 3.27. The van der Waals surface area contributed by atoms with E-state index in [1.165, 1.54) is 32.2 Å². The summed E-state index contributed by atoms with van der Waals surface area (Å²) in [6, 6.07) is 7.28. The fourth-order valence-corrected chi connectivity index (χ4v) is 3.29. The van der Waals surface area contributed by atoms with Gasteiger partial charge in [0.05, 0.1) is 7.11 Å². The third-order valence-electron chi connectivity index (χ3n) is 4.34. The highest BCUT2D eigenvalue weighted by Gasteiger charge is 2.32. The molecule has 0 radical (unpaired) electrons. The summed E-state index contributed by atoms with van der Waals surface area (Å²) in [4.78, 5) is 2.58. The number of benzene rings is 1. The molecule has 2 aliphatic rings. The van der Waals surface area contributed by atoms with Gasteiger partial charge in [0.2, 0.25) is 0 Å². The molecular formula is C16H23ClN2O. The minimum atomic E-state index is 0.643. The Labute approximate surface area is 126 Å². The molecule has 1 unspecified atom stereocenters. The molecule has 1 aromatic carbocycles. The molecule has 0 bridgehead atoms. The van der Waals surface area contributed by atoms with Crippen molar-refractivity contribution in [1.82, 2.24) is 10.2 Å². The predicted octanol–water partition coefficient (Wildman–Crippen LogP) is 3.07. The molecule has 1 N–H and O–H groups in total. The average Bonchev–Trinajstić information content (AvgIpc) is 3.18. The van der Waals surface area contributed by atoms with E-state index in [-0.39, 0.29) is 0 Å². The van der Waals surface area contributed by atoms with Gasteiger partial charge in [-0.05, 0) is 44.4 Å². The first-order valence-corrected chi connectivity index (χ1v) is 7.94. The Morgan fingerprint density at radius 1 is 1.35 bits per heavy atom. The number of nitrogens with one attached hydrogen (secondary N) is 1. The third-order valence-corrected chi connectivity index (χ3v) is 4.69. The molecule has 1 aliphatic heterocycles. The maximum Gasteiger partial charge on any atom is 0.124 e. The fraction of sp³-hybridized carbons (Fsp3) is 0.625. The Bertz CT molecular complexity index is 456. The molecule has 3 rings (SSSR count). The zero-order chi connectivity index (χ0) is 13.9. The first kappa shape index (κ1) is 14.2. The molecule has 1 aromatic rings. The van der Waals surface area contributed by atoms with E-state index < -0.39 is 0 Å². The van der Waals surface area contributed by atoms with Crippen LogP contribution in [0.4, 0.5) is 0 Å². The van der Waals surface area contributed by atoms with Crippen molar-refractivity contribution < 1.29 is 4.74 Å². The van der Waals surface area contributed by atoms with Crippen LogP contribution in [0.15, 0.2) is 18.2 Å². The topological polar surface area (TPSA) is 24.5 Å². The molecule has 1 atom stereocenters. The van der Waals surface area contributed by atoms with Crippen LogP contribution in [0.3, 0.4) is 0 Å². The number of methoxy groups -OCH3 is 1. The molecule has 0 spiro atoms. The molecule has 1 saturated heterocycles. The van der Waals surface area contributed by atoms with Gasteiger partial charge in [-0.15, -0.1) is 0 Å². The predicted molar refractivity (Wildman–Crippen MR) is 82.5 cm³/mol. The van der Waals surface area contributed by atoms with E-state index in [9.17, 15) is 0 Å². The lowest BCUT2D eigenvalue weighted by atomic mass is 10.1. The zero-order valence-corrected chi connectivity index (χ0v) is 12.8. The molecule has 4 heteroatoms. The van der Waals surface area contributed by atoms with Crippen molar-refractivity contribution in [1.29, 1.82) is 0 Å². The number of hydrogen-bond acceptors (Lipinski definition) is 3. The maximum absolute atomic E-state index is 6.37. The first-order valence-electron chi connectivity index (χ1n) is 7.56. The molecular weight excluding hydrogens is 272 g/mol. The SMILES string of the molecule is COc1cccc(Cl)c1CN(CC1CCCN1)C1CC1. The van der Waals surface area contributed by atoms with Crippen molar-refractivity contribution in [3.8, 4) is 5.75 Å². The molecule has 110 valence electrons. The Hall–Kier alpha value is -0.770. The van der Waals surface area contributed by atoms with Crippen molar-refractivity contribution in [2.24, 2.45) is 0 Å². The van der Waals surface area contributed by atoms with Crippen molar-refractivity contribution in [2.75, 3.05) is 20.2 Å². The van der Waals surface area contributed by atoms with Gasteiger partial charge in [-0.25, -0.2) is 0 Å². The number of ether oxygens (including phenoxy) is 1. The van der Waals surface area contributed by atoms with Crippen LogP contribution < -0.4 is 10.1 Å². The summed E-state index contributed by atoms with van der Waals surface area (Å²) in [5, 5.41) is 4.41. The molecule has 0 aromatic heterocycles. The van der Waals surface area contributed by atoms with E-state index in [1.807, 2.05) is 18.2 Å². The Morgan fingerprint density at radius 3 is 2.85 bits per heavy atom. The number of rotatable bonds is 6. The number of hydrogen-bond donors (Lipinski definition) is 1. The second-order valence-electron chi connectivity index (χ2n) is 5.87. The van der Waals surface area contributed by atoms with Crippen LogP contribution in [0.5, 0.6) is 5.75 Å². The van der Waals surface area contributed by atoms with Gasteiger partial charge in [0, 0.05) is 35.8 Å². The molecule has 1 heterocycles. The van der Waals surface area contributed by atoms with Crippen LogP contribution in [0, 0.1) is 0 Å². The Morgan fingerprint density at radius 2 is 2.20 bits per heavy atom. The van der Waals surface area contributed by atoms with Crippen LogP contribution in [0.1, 0.15) is 31.2 Å². The lowest BCUT2D eigenvalue weighted by Crippen LogP contribution is -2.38. The number of nitrogens with zero attached hydrogens (tertiary/aromatic N) is 1. The fourth-order valence-electron chi connectivity index (χ4n) is 3.06. The van der Waals surface area contributed by atoms with Gasteiger partial charge in [0.25, 0.3) is 0 Å². The summed E-state index contributed by atoms with van der Waals surface area (Å²) in [7, 11) is 1.72. The monoisotopic (exact) mass is 294 g/mol. The molecule has 20 heavy (non-hydrogen) atoms. The van der Waals surface area contributed by atoms with E-state index in [0.29, 0.717) is 6.04 Å². The second kappa shape index (κ2) is 6.33. The summed E-state index contributed by atoms with van der Waals surface area (Å²) in [5.74, 6) is 0.905. The standard InChI is InChI=1S/C16H23ClN2O/c1-20-16-6-2-5-15(17)14(16)11-19(13-7-8-13)10-12-4-3-9-18-12/h2,5-6,12-13,18H,3-4,7-11H2,1H3. The van der Waals surface area contributed by atoms with Crippen LogP contribution >= 0.6 is 11.6 Å². The smallest absolute Gasteiger partial charge is 0.124 e. The highest BCUT2D eigenvalue weighted by molar-refractivity contribution is 6.31. The van der Waals surface area contributed by atoms with Gasteiger partial charge in [-0.2, -0.15) is 0 Å². The zero-order valence-electron chi connectivity index (χ0n) is 12.1. The lowest BCUT2D eigenvalue weighted by molar-refractivity contribution is 0.228. The molecule has 1 saturated carbocycles. The van der Waals surface area contributed by atoms with Gasteiger partial charge in [-0.3, -0.25) is 4.90 Å². The van der Waals surface area contributed by atoms with Crippen molar-refractivity contribution in [3.63, 3.8) is 0 Å². The Kier molecular flexibility index (Phi) is 4.49. The van der Waals surface area contributed by atoms with E-state index in [0.717, 1.165) is 35.5 Å². The summed E-state index contributed by atoms with van der Waals surface area (Å²) in [6.45, 7) is 3.18. The van der Waals surface area contributed by atoms with E-state index in [2.05, 4.69) is 10.2 Å². The van der Waals surface area contributed by atoms with Gasteiger partial charge in [0.15, 0.2) is 0 Å². The van der Waals surface area contributed by atoms with Gasteiger partial charge in [0.1, 0.15) is 5.75 Å². The summed E-state index contributed by atoms with van der Waals surface area (Å²) in [6.07, 6.45) is 5.24. The quantitative estimate of drug-likeness (QED) is 0.873. The van der Waals surface area contributed by atoms with Crippen LogP contribution in [0.2, 0.25) is 5.02 Å². The van der Waals surface area contributed by atoms with E-state index in [4.69, 9.17) is 16.3 Å². The summed E-state index contributed by atoms with van der Waals surface area (Å²) < 4.78 is 5.47. The Balaban J connectivity index is 1.72. The van der Waals surface area contributed by atoms with Crippen molar-refractivity contribution >= 4 is 11.6 Å². The van der Waals surface area contributed by atoms with E-state index in [1.54, 1.807) is 7.11 Å². The molecule has 2 fully saturated rings. The van der Waals surface area contributed by atoms with Gasteiger partial charge < -0.3 is 10.1 Å². The van der Waals surface area contributed by atoms with Crippen LogP contribution in [-0.2, 0) is 6.54 Å². The molecule has 3 nitrogen and oxygen atoms in total. The van der Waals surface area contributed by atoms with Crippen LogP contribution in [-0.4, -0.2) is 37.2 Å². The second-order valence-corrected chi connectivity index (χ2v) is 6.28. The highest BCUT2D eigenvalue weighted by atomic mass is 35.5. The summed E-state index contributed by atoms with van der Waals surface area (Å²) in [5.41, 5.74) is 1.13. The highest BCUT2D eigenvalue weighted by Crippen LogP contribution is 2.33. The van der Waals surface area contributed by atoms with Gasteiger partial charge in [-0.1, -0.05) is 17.7 Å². The molecule has 1 aliphatic carbocycles. The largest absolute Gasteiger partial charge is 0.496 e.